The monoisotopic (exact) mass is 384 g/mol. The molecule has 8 heteroatoms. The Morgan fingerprint density at radius 1 is 1.21 bits per heavy atom. The summed E-state index contributed by atoms with van der Waals surface area (Å²) in [6.07, 6.45) is -0.617. The maximum Gasteiger partial charge on any atom is 0.178 e. The van der Waals surface area contributed by atoms with Gasteiger partial charge in [-0.15, -0.1) is 15.3 Å². The van der Waals surface area contributed by atoms with Crippen molar-refractivity contribution in [3.63, 3.8) is 0 Å². The van der Waals surface area contributed by atoms with E-state index in [0.717, 1.165) is 36.1 Å². The predicted octanol–water partition coefficient (Wildman–Crippen LogP) is 2.18. The van der Waals surface area contributed by atoms with Crippen molar-refractivity contribution in [2.75, 3.05) is 31.6 Å². The van der Waals surface area contributed by atoms with E-state index in [-0.39, 0.29) is 5.41 Å². The van der Waals surface area contributed by atoms with Gasteiger partial charge in [0.15, 0.2) is 11.5 Å². The van der Waals surface area contributed by atoms with Crippen molar-refractivity contribution in [3.05, 3.63) is 41.6 Å². The molecule has 1 aliphatic heterocycles. The molecule has 0 saturated carbocycles. The van der Waals surface area contributed by atoms with Crippen LogP contribution < -0.4 is 4.90 Å². The van der Waals surface area contributed by atoms with Gasteiger partial charge < -0.3 is 14.4 Å². The molecule has 0 radical (unpaired) electrons. The maximum absolute atomic E-state index is 10.4. The number of aromatic nitrogens is 4. The summed E-state index contributed by atoms with van der Waals surface area (Å²) in [6.45, 7) is 10.5. The summed E-state index contributed by atoms with van der Waals surface area (Å²) in [5.41, 5.74) is 0.642. The van der Waals surface area contributed by atoms with Crippen molar-refractivity contribution >= 4 is 11.5 Å². The Labute approximate surface area is 164 Å². The molecule has 4 heterocycles. The Balaban J connectivity index is 1.40. The minimum Gasteiger partial charge on any atom is -0.464 e. The Hall–Kier alpha value is -2.45. The summed E-state index contributed by atoms with van der Waals surface area (Å²) in [5.74, 6) is 3.21. The van der Waals surface area contributed by atoms with Gasteiger partial charge >= 0.3 is 0 Å². The van der Waals surface area contributed by atoms with Crippen molar-refractivity contribution in [2.24, 2.45) is 0 Å². The summed E-state index contributed by atoms with van der Waals surface area (Å²) in [6, 6.07) is 8.04. The molecule has 1 unspecified atom stereocenters. The van der Waals surface area contributed by atoms with E-state index in [0.29, 0.717) is 18.3 Å². The first-order chi connectivity index (χ1) is 13.2. The van der Waals surface area contributed by atoms with Crippen LogP contribution in [0.3, 0.4) is 0 Å². The minimum absolute atomic E-state index is 0.122. The fraction of sp³-hybridized carbons (Fsp3) is 0.550. The lowest BCUT2D eigenvalue weighted by molar-refractivity contribution is 0.0787. The molecule has 0 aliphatic carbocycles. The Bertz CT molecular complexity index is 967. The van der Waals surface area contributed by atoms with Gasteiger partial charge in [-0.25, -0.2) is 0 Å². The number of furan rings is 1. The second kappa shape index (κ2) is 6.86. The van der Waals surface area contributed by atoms with E-state index in [1.165, 1.54) is 0 Å². The van der Waals surface area contributed by atoms with E-state index in [1.54, 1.807) is 0 Å². The molecule has 150 valence electrons. The van der Waals surface area contributed by atoms with Crippen LogP contribution in [0.4, 0.5) is 5.82 Å². The first-order valence-corrected chi connectivity index (χ1v) is 9.65. The van der Waals surface area contributed by atoms with Crippen LogP contribution in [-0.4, -0.2) is 62.5 Å². The highest BCUT2D eigenvalue weighted by molar-refractivity contribution is 5.48. The highest BCUT2D eigenvalue weighted by Crippen LogP contribution is 2.26. The summed E-state index contributed by atoms with van der Waals surface area (Å²) < 4.78 is 7.37. The number of anilines is 1. The van der Waals surface area contributed by atoms with E-state index in [2.05, 4.69) is 40.8 Å². The van der Waals surface area contributed by atoms with Crippen molar-refractivity contribution in [3.8, 4) is 0 Å². The molecule has 1 saturated heterocycles. The van der Waals surface area contributed by atoms with Crippen LogP contribution in [0.2, 0.25) is 0 Å². The van der Waals surface area contributed by atoms with Crippen molar-refractivity contribution in [2.45, 2.75) is 45.3 Å². The molecule has 0 bridgehead atoms. The molecule has 0 spiro atoms. The largest absolute Gasteiger partial charge is 0.464 e. The van der Waals surface area contributed by atoms with E-state index in [9.17, 15) is 5.11 Å². The van der Waals surface area contributed by atoms with Gasteiger partial charge in [-0.3, -0.25) is 4.90 Å². The number of fused-ring (bicyclic) bond motifs is 1. The molecular weight excluding hydrogens is 356 g/mol. The Morgan fingerprint density at radius 2 is 1.96 bits per heavy atom. The molecule has 3 aromatic heterocycles. The standard InChI is InChI=1S/C20H28N6O2/c1-13-6-7-16(28-13)15(27)12-24(5)14-10-25(11-14)18-9-8-17-21-22-19(20(2,3)4)26(17)23-18/h6-9,14-15,27H,10-12H2,1-5H3. The van der Waals surface area contributed by atoms with E-state index in [1.807, 2.05) is 42.8 Å². The van der Waals surface area contributed by atoms with Gasteiger partial charge in [0, 0.05) is 31.1 Å². The van der Waals surface area contributed by atoms with Crippen LogP contribution in [0.5, 0.6) is 0 Å². The molecule has 0 aromatic carbocycles. The summed E-state index contributed by atoms with van der Waals surface area (Å²) in [5, 5.41) is 23.7. The molecule has 8 nitrogen and oxygen atoms in total. The van der Waals surface area contributed by atoms with Crippen LogP contribution in [0.15, 0.2) is 28.7 Å². The van der Waals surface area contributed by atoms with E-state index < -0.39 is 6.10 Å². The zero-order valence-electron chi connectivity index (χ0n) is 17.1. The van der Waals surface area contributed by atoms with Gasteiger partial charge in [0.05, 0.1) is 0 Å². The molecule has 0 amide bonds. The van der Waals surface area contributed by atoms with Crippen molar-refractivity contribution in [1.82, 2.24) is 24.7 Å². The third kappa shape index (κ3) is 3.49. The lowest BCUT2D eigenvalue weighted by Crippen LogP contribution is -2.59. The van der Waals surface area contributed by atoms with Crippen LogP contribution in [0.1, 0.15) is 44.2 Å². The van der Waals surface area contributed by atoms with Gasteiger partial charge in [-0.2, -0.15) is 4.52 Å². The van der Waals surface area contributed by atoms with Gasteiger partial charge in [0.1, 0.15) is 23.4 Å². The number of aliphatic hydroxyl groups is 1. The van der Waals surface area contributed by atoms with Crippen LogP contribution >= 0.6 is 0 Å². The zero-order chi connectivity index (χ0) is 20.1. The SMILES string of the molecule is Cc1ccc(C(O)CN(C)C2CN(c3ccc4nnc(C(C)(C)C)n4n3)C2)o1. The fourth-order valence-corrected chi connectivity index (χ4v) is 3.48. The number of aliphatic hydroxyl groups excluding tert-OH is 1. The molecule has 4 rings (SSSR count). The lowest BCUT2D eigenvalue weighted by atomic mass is 9.96. The number of nitrogens with zero attached hydrogens (tertiary/aromatic N) is 6. The van der Waals surface area contributed by atoms with Crippen LogP contribution in [-0.2, 0) is 5.41 Å². The fourth-order valence-electron chi connectivity index (χ4n) is 3.48. The maximum atomic E-state index is 10.4. The second-order valence-corrected chi connectivity index (χ2v) is 8.70. The first kappa shape index (κ1) is 18.9. The second-order valence-electron chi connectivity index (χ2n) is 8.70. The van der Waals surface area contributed by atoms with Gasteiger partial charge in [-0.1, -0.05) is 20.8 Å². The average Bonchev–Trinajstić information content (AvgIpc) is 3.18. The lowest BCUT2D eigenvalue weighted by Gasteiger charge is -2.45. The van der Waals surface area contributed by atoms with Crippen molar-refractivity contribution < 1.29 is 9.52 Å². The zero-order valence-corrected chi connectivity index (χ0v) is 17.1. The normalized spacial score (nSPS) is 16.8. The number of hydrogen-bond donors (Lipinski definition) is 1. The quantitative estimate of drug-likeness (QED) is 0.722. The number of hydrogen-bond acceptors (Lipinski definition) is 7. The molecule has 1 aliphatic rings. The van der Waals surface area contributed by atoms with Crippen molar-refractivity contribution in [1.29, 1.82) is 0 Å². The molecule has 1 N–H and O–H groups in total. The average molecular weight is 384 g/mol. The van der Waals surface area contributed by atoms with Crippen LogP contribution in [0.25, 0.3) is 5.65 Å². The van der Waals surface area contributed by atoms with E-state index >= 15 is 0 Å². The molecule has 1 fully saturated rings. The van der Waals surface area contributed by atoms with Crippen LogP contribution in [0, 0.1) is 6.92 Å². The summed E-state index contributed by atoms with van der Waals surface area (Å²) in [7, 11) is 2.04. The highest BCUT2D eigenvalue weighted by Gasteiger charge is 2.33. The predicted molar refractivity (Wildman–Crippen MR) is 107 cm³/mol. The Kier molecular flexibility index (Phi) is 4.63. The van der Waals surface area contributed by atoms with Gasteiger partial charge in [0.2, 0.25) is 0 Å². The summed E-state index contributed by atoms with van der Waals surface area (Å²) >= 11 is 0. The van der Waals surface area contributed by atoms with Gasteiger partial charge in [0.25, 0.3) is 0 Å². The molecule has 1 atom stereocenters. The van der Waals surface area contributed by atoms with Gasteiger partial charge in [-0.05, 0) is 38.2 Å². The summed E-state index contributed by atoms with van der Waals surface area (Å²) in [4.78, 5) is 4.41. The Morgan fingerprint density at radius 3 is 2.61 bits per heavy atom. The molecular formula is C20H28N6O2. The first-order valence-electron chi connectivity index (χ1n) is 9.65. The minimum atomic E-state index is -0.617. The molecule has 28 heavy (non-hydrogen) atoms. The number of rotatable bonds is 5. The van der Waals surface area contributed by atoms with E-state index in [4.69, 9.17) is 9.52 Å². The smallest absolute Gasteiger partial charge is 0.178 e. The molecule has 3 aromatic rings. The number of aryl methyl sites for hydroxylation is 1. The highest BCUT2D eigenvalue weighted by atomic mass is 16.4. The topological polar surface area (TPSA) is 82.9 Å². The number of likely N-dealkylation sites (N-methyl/N-ethyl adjacent to an activating group) is 1. The third-order valence-corrected chi connectivity index (χ3v) is 5.28. The third-order valence-electron chi connectivity index (χ3n) is 5.28.